The van der Waals surface area contributed by atoms with Crippen LogP contribution in [-0.4, -0.2) is 40.7 Å². The van der Waals surface area contributed by atoms with Crippen LogP contribution in [0.15, 0.2) is 42.0 Å². The Labute approximate surface area is 151 Å². The van der Waals surface area contributed by atoms with Crippen molar-refractivity contribution in [2.75, 3.05) is 20.1 Å². The van der Waals surface area contributed by atoms with Crippen LogP contribution in [0.3, 0.4) is 0 Å². The van der Waals surface area contributed by atoms with E-state index in [1.807, 2.05) is 31.4 Å². The summed E-state index contributed by atoms with van der Waals surface area (Å²) in [5.74, 6) is 0.371. The number of hydrogen-bond acceptors (Lipinski definition) is 4. The number of aryl methyl sites for hydroxylation is 1. The van der Waals surface area contributed by atoms with Crippen molar-refractivity contribution >= 4 is 27.3 Å². The fourth-order valence-corrected chi connectivity index (χ4v) is 4.65. The van der Waals surface area contributed by atoms with Gasteiger partial charge in [-0.2, -0.15) is 5.10 Å². The zero-order valence-electron chi connectivity index (χ0n) is 14.5. The summed E-state index contributed by atoms with van der Waals surface area (Å²) in [7, 11) is 3.82. The number of nitrogens with zero attached hydrogens (tertiary/aromatic N) is 3. The van der Waals surface area contributed by atoms with Crippen LogP contribution in [0.25, 0.3) is 10.1 Å². The Hall–Kier alpha value is -2.18. The lowest BCUT2D eigenvalue weighted by atomic mass is 9.90. The molecule has 0 unspecified atom stereocenters. The van der Waals surface area contributed by atoms with Crippen LogP contribution in [0.4, 0.5) is 0 Å². The molecule has 4 rings (SSSR count). The van der Waals surface area contributed by atoms with Gasteiger partial charge >= 0.3 is 0 Å². The van der Waals surface area contributed by atoms with Gasteiger partial charge in [-0.3, -0.25) is 9.48 Å². The summed E-state index contributed by atoms with van der Waals surface area (Å²) in [6.45, 7) is 2.21. The number of fused-ring (bicyclic) bond motifs is 1. The van der Waals surface area contributed by atoms with Gasteiger partial charge in [0.25, 0.3) is 0 Å². The van der Waals surface area contributed by atoms with Crippen molar-refractivity contribution in [1.29, 1.82) is 0 Å². The predicted molar refractivity (Wildman–Crippen MR) is 101 cm³/mol. The average molecular weight is 354 g/mol. The van der Waals surface area contributed by atoms with Gasteiger partial charge < -0.3 is 10.2 Å². The summed E-state index contributed by atoms with van der Waals surface area (Å²) in [5, 5.41) is 11.0. The van der Waals surface area contributed by atoms with Crippen molar-refractivity contribution < 1.29 is 4.79 Å². The van der Waals surface area contributed by atoms with E-state index in [1.54, 1.807) is 16.0 Å². The minimum Gasteiger partial charge on any atom is -0.341 e. The summed E-state index contributed by atoms with van der Waals surface area (Å²) in [4.78, 5) is 14.9. The van der Waals surface area contributed by atoms with E-state index in [0.29, 0.717) is 6.54 Å². The molecule has 25 heavy (non-hydrogen) atoms. The molecule has 1 aromatic carbocycles. The number of hydrogen-bond donors (Lipinski definition) is 1. The molecule has 6 heteroatoms. The van der Waals surface area contributed by atoms with Crippen molar-refractivity contribution in [2.45, 2.75) is 12.5 Å². The highest BCUT2D eigenvalue weighted by molar-refractivity contribution is 7.17. The fraction of sp³-hybridized carbons (Fsp3) is 0.368. The Morgan fingerprint density at radius 3 is 3.04 bits per heavy atom. The van der Waals surface area contributed by atoms with Crippen molar-refractivity contribution in [1.82, 2.24) is 20.0 Å². The summed E-state index contributed by atoms with van der Waals surface area (Å²) >= 11 is 1.74. The van der Waals surface area contributed by atoms with E-state index in [-0.39, 0.29) is 17.7 Å². The molecule has 1 fully saturated rings. The second kappa shape index (κ2) is 6.61. The molecule has 1 aliphatic heterocycles. The van der Waals surface area contributed by atoms with Crippen LogP contribution < -0.4 is 5.32 Å². The molecule has 130 valence electrons. The first-order valence-electron chi connectivity index (χ1n) is 8.53. The third-order valence-corrected chi connectivity index (χ3v) is 6.04. The molecule has 2 atom stereocenters. The van der Waals surface area contributed by atoms with Gasteiger partial charge in [0.15, 0.2) is 0 Å². The van der Waals surface area contributed by atoms with E-state index in [4.69, 9.17) is 0 Å². The largest absolute Gasteiger partial charge is 0.341 e. The van der Waals surface area contributed by atoms with Crippen LogP contribution in [-0.2, 0) is 18.4 Å². The smallest absolute Gasteiger partial charge is 0.227 e. The van der Waals surface area contributed by atoms with E-state index in [1.165, 1.54) is 15.6 Å². The van der Waals surface area contributed by atoms with Gasteiger partial charge in [0.05, 0.1) is 12.1 Å². The average Bonchev–Trinajstić information content (AvgIpc) is 3.34. The molecule has 5 nitrogen and oxygen atoms in total. The molecule has 2 aromatic heterocycles. The molecule has 0 saturated carbocycles. The molecule has 1 N–H and O–H groups in total. The van der Waals surface area contributed by atoms with Crippen LogP contribution >= 0.6 is 11.3 Å². The number of nitrogens with one attached hydrogen (secondary N) is 1. The van der Waals surface area contributed by atoms with Crippen molar-refractivity contribution in [2.24, 2.45) is 13.0 Å². The molecular formula is C19H22N4OS. The van der Waals surface area contributed by atoms with E-state index >= 15 is 0 Å². The number of benzene rings is 1. The SMILES string of the molecule is CN(Cc1csc2ccccc12)C(=O)[C@H]1CNC[C@@H]1c1cnn(C)c1. The monoisotopic (exact) mass is 354 g/mol. The molecule has 3 heterocycles. The lowest BCUT2D eigenvalue weighted by Crippen LogP contribution is -2.35. The topological polar surface area (TPSA) is 50.2 Å². The van der Waals surface area contributed by atoms with Crippen molar-refractivity contribution in [3.05, 3.63) is 53.2 Å². The third kappa shape index (κ3) is 3.07. The molecule has 0 spiro atoms. The third-order valence-electron chi connectivity index (χ3n) is 5.03. The fourth-order valence-electron chi connectivity index (χ4n) is 3.69. The van der Waals surface area contributed by atoms with Gasteiger partial charge in [-0.15, -0.1) is 11.3 Å². The van der Waals surface area contributed by atoms with E-state index in [0.717, 1.165) is 18.7 Å². The molecule has 3 aromatic rings. The first kappa shape index (κ1) is 16.3. The van der Waals surface area contributed by atoms with Crippen molar-refractivity contribution in [3.8, 4) is 0 Å². The maximum Gasteiger partial charge on any atom is 0.227 e. The zero-order chi connectivity index (χ0) is 17.4. The standard InChI is InChI=1S/C19H22N4OS/c1-22(10-14-12-25-18-6-4-3-5-15(14)18)19(24)17-9-20-8-16(17)13-7-21-23(2)11-13/h3-7,11-12,16-17,20H,8-10H2,1-2H3/t16-,17+/m1/s1. The minimum atomic E-state index is -0.0286. The Kier molecular flexibility index (Phi) is 4.31. The lowest BCUT2D eigenvalue weighted by molar-refractivity contribution is -0.134. The molecule has 1 amide bonds. The van der Waals surface area contributed by atoms with Gasteiger partial charge in [-0.1, -0.05) is 18.2 Å². The predicted octanol–water partition coefficient (Wildman–Crippen LogP) is 2.60. The highest BCUT2D eigenvalue weighted by Crippen LogP contribution is 2.31. The maximum absolute atomic E-state index is 13.1. The molecule has 0 radical (unpaired) electrons. The maximum atomic E-state index is 13.1. The summed E-state index contributed by atoms with van der Waals surface area (Å²) in [6, 6.07) is 8.37. The Balaban J connectivity index is 1.51. The van der Waals surface area contributed by atoms with Crippen LogP contribution in [0.2, 0.25) is 0 Å². The van der Waals surface area contributed by atoms with Crippen LogP contribution in [0.5, 0.6) is 0 Å². The van der Waals surface area contributed by atoms with Crippen molar-refractivity contribution in [3.63, 3.8) is 0 Å². The molecule has 1 saturated heterocycles. The van der Waals surface area contributed by atoms with Gasteiger partial charge in [-0.25, -0.2) is 0 Å². The normalized spacial score (nSPS) is 20.2. The highest BCUT2D eigenvalue weighted by Gasteiger charge is 2.36. The number of aromatic nitrogens is 2. The molecular weight excluding hydrogens is 332 g/mol. The zero-order valence-corrected chi connectivity index (χ0v) is 15.3. The summed E-state index contributed by atoms with van der Waals surface area (Å²) < 4.78 is 3.07. The first-order valence-corrected chi connectivity index (χ1v) is 9.41. The molecule has 0 aliphatic carbocycles. The second-order valence-corrected chi connectivity index (χ2v) is 7.68. The van der Waals surface area contributed by atoms with Gasteiger partial charge in [0.2, 0.25) is 5.91 Å². The number of rotatable bonds is 4. The van der Waals surface area contributed by atoms with E-state index < -0.39 is 0 Å². The molecule has 1 aliphatic rings. The quantitative estimate of drug-likeness (QED) is 0.783. The van der Waals surface area contributed by atoms with Crippen LogP contribution in [0, 0.1) is 5.92 Å². The first-order chi connectivity index (χ1) is 12.1. The van der Waals surface area contributed by atoms with Gasteiger partial charge in [-0.05, 0) is 28.0 Å². The second-order valence-electron chi connectivity index (χ2n) is 6.77. The van der Waals surface area contributed by atoms with Gasteiger partial charge in [0.1, 0.15) is 0 Å². The molecule has 0 bridgehead atoms. The Morgan fingerprint density at radius 1 is 1.40 bits per heavy atom. The van der Waals surface area contributed by atoms with Gasteiger partial charge in [0, 0.05) is 50.5 Å². The highest BCUT2D eigenvalue weighted by atomic mass is 32.1. The Bertz CT molecular complexity index is 900. The Morgan fingerprint density at radius 2 is 2.24 bits per heavy atom. The summed E-state index contributed by atoms with van der Waals surface area (Å²) in [5.41, 5.74) is 2.36. The number of carbonyl (C=O) groups excluding carboxylic acids is 1. The number of carbonyl (C=O) groups is 1. The van der Waals surface area contributed by atoms with Crippen LogP contribution in [0.1, 0.15) is 17.0 Å². The number of amides is 1. The summed E-state index contributed by atoms with van der Waals surface area (Å²) in [6.07, 6.45) is 3.90. The lowest BCUT2D eigenvalue weighted by Gasteiger charge is -2.24. The minimum absolute atomic E-state index is 0.0286. The number of thiophene rings is 1. The van der Waals surface area contributed by atoms with E-state index in [2.05, 4.69) is 40.1 Å². The van der Waals surface area contributed by atoms with E-state index in [9.17, 15) is 4.79 Å².